The predicted octanol–water partition coefficient (Wildman–Crippen LogP) is 0.172. The molecule has 1 aromatic rings. The number of rotatable bonds is 6. The van der Waals surface area contributed by atoms with Crippen LogP contribution in [0.4, 0.5) is 0 Å². The number of aryl methyl sites for hydroxylation is 2. The summed E-state index contributed by atoms with van der Waals surface area (Å²) in [6, 6.07) is 1.78. The number of carbonyl (C=O) groups is 3. The maximum Gasteiger partial charge on any atom is 0.323 e. The van der Waals surface area contributed by atoms with Gasteiger partial charge in [0.15, 0.2) is 0 Å². The van der Waals surface area contributed by atoms with E-state index in [2.05, 4.69) is 4.98 Å². The fourth-order valence-electron chi connectivity index (χ4n) is 1.80. The Morgan fingerprint density at radius 3 is 2.05 bits per heavy atom. The number of H-pyrrole nitrogens is 1. The number of carbonyl (C=O) groups excluding carboxylic acids is 1. The van der Waals surface area contributed by atoms with Crippen LogP contribution in [0.25, 0.3) is 0 Å². The molecule has 7 heteroatoms. The normalized spacial score (nSPS) is 10.2. The van der Waals surface area contributed by atoms with Crippen molar-refractivity contribution in [2.45, 2.75) is 20.3 Å². The summed E-state index contributed by atoms with van der Waals surface area (Å²) < 4.78 is 0. The predicted molar refractivity (Wildman–Crippen MR) is 65.8 cm³/mol. The van der Waals surface area contributed by atoms with Crippen LogP contribution in [0, 0.1) is 13.8 Å². The zero-order valence-corrected chi connectivity index (χ0v) is 10.8. The van der Waals surface area contributed by atoms with Crippen LogP contribution < -0.4 is 0 Å². The minimum Gasteiger partial charge on any atom is -0.480 e. The van der Waals surface area contributed by atoms with Crippen LogP contribution in [0.2, 0.25) is 0 Å². The quantitative estimate of drug-likeness (QED) is 0.681. The molecule has 0 aromatic carbocycles. The Morgan fingerprint density at radius 1 is 1.16 bits per heavy atom. The molecule has 0 saturated carbocycles. The summed E-state index contributed by atoms with van der Waals surface area (Å²) in [4.78, 5) is 37.0. The number of aliphatic carboxylic acids is 2. The number of hydrogen-bond donors (Lipinski definition) is 3. The lowest BCUT2D eigenvalue weighted by atomic mass is 10.1. The summed E-state index contributed by atoms with van der Waals surface area (Å²) in [6.45, 7) is 2.41. The molecule has 0 aliphatic heterocycles. The van der Waals surface area contributed by atoms with Gasteiger partial charge >= 0.3 is 11.9 Å². The molecular weight excluding hydrogens is 252 g/mol. The van der Waals surface area contributed by atoms with Gasteiger partial charge in [0.1, 0.15) is 13.1 Å². The highest BCUT2D eigenvalue weighted by atomic mass is 16.4. The number of nitrogens with zero attached hydrogens (tertiary/aromatic N) is 1. The molecule has 0 bridgehead atoms. The minimum absolute atomic E-state index is 0.0171. The third kappa shape index (κ3) is 4.46. The van der Waals surface area contributed by atoms with E-state index < -0.39 is 30.9 Å². The molecule has 104 valence electrons. The van der Waals surface area contributed by atoms with Crippen molar-refractivity contribution in [3.8, 4) is 0 Å². The maximum atomic E-state index is 11.9. The van der Waals surface area contributed by atoms with Crippen molar-refractivity contribution in [1.29, 1.82) is 0 Å². The van der Waals surface area contributed by atoms with Crippen LogP contribution in [0.15, 0.2) is 6.07 Å². The Hall–Kier alpha value is -2.31. The lowest BCUT2D eigenvalue weighted by Gasteiger charge is -2.18. The highest BCUT2D eigenvalue weighted by Crippen LogP contribution is 2.11. The Labute approximate surface area is 109 Å². The van der Waals surface area contributed by atoms with Crippen LogP contribution in [0.5, 0.6) is 0 Å². The largest absolute Gasteiger partial charge is 0.480 e. The van der Waals surface area contributed by atoms with Crippen molar-refractivity contribution >= 4 is 17.8 Å². The second kappa shape index (κ2) is 6.03. The molecular formula is C12H16N2O5. The van der Waals surface area contributed by atoms with E-state index in [0.29, 0.717) is 0 Å². The Balaban J connectivity index is 2.78. The molecule has 0 spiro atoms. The SMILES string of the molecule is Cc1cc(CC(=O)N(CC(=O)O)CC(=O)O)c(C)[nH]1. The third-order valence-electron chi connectivity index (χ3n) is 2.60. The second-order valence-electron chi connectivity index (χ2n) is 4.32. The van der Waals surface area contributed by atoms with Gasteiger partial charge in [-0.15, -0.1) is 0 Å². The zero-order chi connectivity index (χ0) is 14.6. The van der Waals surface area contributed by atoms with Gasteiger partial charge in [0.25, 0.3) is 0 Å². The number of nitrogens with one attached hydrogen (secondary N) is 1. The van der Waals surface area contributed by atoms with Gasteiger partial charge in [0.2, 0.25) is 5.91 Å². The monoisotopic (exact) mass is 268 g/mol. The summed E-state index contributed by atoms with van der Waals surface area (Å²) in [5.74, 6) is -3.00. The molecule has 0 aliphatic rings. The average molecular weight is 268 g/mol. The number of aromatic amines is 1. The number of carboxylic acid groups (broad SMARTS) is 2. The Bertz CT molecular complexity index is 490. The summed E-state index contributed by atoms with van der Waals surface area (Å²) in [6.07, 6.45) is -0.0171. The molecule has 7 nitrogen and oxygen atoms in total. The van der Waals surface area contributed by atoms with Crippen LogP contribution in [0.1, 0.15) is 17.0 Å². The van der Waals surface area contributed by atoms with E-state index in [-0.39, 0.29) is 6.42 Å². The van der Waals surface area contributed by atoms with Gasteiger partial charge in [0.05, 0.1) is 6.42 Å². The van der Waals surface area contributed by atoms with E-state index in [1.165, 1.54) is 0 Å². The molecule has 1 rings (SSSR count). The van der Waals surface area contributed by atoms with Gasteiger partial charge in [-0.3, -0.25) is 14.4 Å². The first kappa shape index (κ1) is 14.7. The molecule has 0 atom stereocenters. The molecule has 1 amide bonds. The molecule has 0 aliphatic carbocycles. The van der Waals surface area contributed by atoms with Crippen LogP contribution in [0.3, 0.4) is 0 Å². The first-order valence-corrected chi connectivity index (χ1v) is 5.66. The van der Waals surface area contributed by atoms with Crippen molar-refractivity contribution in [1.82, 2.24) is 9.88 Å². The number of amides is 1. The number of carboxylic acids is 2. The molecule has 1 heterocycles. The number of aromatic nitrogens is 1. The zero-order valence-electron chi connectivity index (χ0n) is 10.8. The average Bonchev–Trinajstić information content (AvgIpc) is 2.55. The van der Waals surface area contributed by atoms with Crippen molar-refractivity contribution in [3.05, 3.63) is 23.0 Å². The van der Waals surface area contributed by atoms with E-state index in [9.17, 15) is 14.4 Å². The first-order chi connectivity index (χ1) is 8.79. The third-order valence-corrected chi connectivity index (χ3v) is 2.60. The van der Waals surface area contributed by atoms with E-state index >= 15 is 0 Å². The molecule has 19 heavy (non-hydrogen) atoms. The highest BCUT2D eigenvalue weighted by molar-refractivity contribution is 5.86. The van der Waals surface area contributed by atoms with E-state index in [1.54, 1.807) is 13.0 Å². The summed E-state index contributed by atoms with van der Waals surface area (Å²) >= 11 is 0. The van der Waals surface area contributed by atoms with Crippen molar-refractivity contribution in [2.24, 2.45) is 0 Å². The lowest BCUT2D eigenvalue weighted by Crippen LogP contribution is -2.40. The van der Waals surface area contributed by atoms with E-state index in [1.807, 2.05) is 6.92 Å². The van der Waals surface area contributed by atoms with Crippen LogP contribution in [-0.2, 0) is 20.8 Å². The summed E-state index contributed by atoms with van der Waals surface area (Å²) in [5, 5.41) is 17.4. The van der Waals surface area contributed by atoms with Gasteiger partial charge in [-0.2, -0.15) is 0 Å². The first-order valence-electron chi connectivity index (χ1n) is 5.66. The van der Waals surface area contributed by atoms with Gasteiger partial charge in [-0.1, -0.05) is 0 Å². The standard InChI is InChI=1S/C12H16N2O5/c1-7-3-9(8(2)13-7)4-10(15)14(5-11(16)17)6-12(18)19/h3,13H,4-6H2,1-2H3,(H,16,17)(H,18,19). The number of hydrogen-bond acceptors (Lipinski definition) is 3. The summed E-state index contributed by atoms with van der Waals surface area (Å²) in [7, 11) is 0. The molecule has 0 radical (unpaired) electrons. The molecule has 0 unspecified atom stereocenters. The van der Waals surface area contributed by atoms with Crippen molar-refractivity contribution in [2.75, 3.05) is 13.1 Å². The Morgan fingerprint density at radius 2 is 1.68 bits per heavy atom. The molecule has 1 aromatic heterocycles. The van der Waals surface area contributed by atoms with Crippen molar-refractivity contribution < 1.29 is 24.6 Å². The summed E-state index contributed by atoms with van der Waals surface area (Å²) in [5.41, 5.74) is 2.45. The van der Waals surface area contributed by atoms with Crippen LogP contribution >= 0.6 is 0 Å². The van der Waals surface area contributed by atoms with Crippen LogP contribution in [-0.4, -0.2) is 51.0 Å². The molecule has 0 saturated heterocycles. The van der Waals surface area contributed by atoms with E-state index in [0.717, 1.165) is 21.9 Å². The smallest absolute Gasteiger partial charge is 0.323 e. The second-order valence-corrected chi connectivity index (χ2v) is 4.32. The molecule has 0 fully saturated rings. The van der Waals surface area contributed by atoms with Gasteiger partial charge < -0.3 is 20.1 Å². The lowest BCUT2D eigenvalue weighted by molar-refractivity contribution is -0.149. The molecule has 3 N–H and O–H groups in total. The van der Waals surface area contributed by atoms with Gasteiger partial charge in [-0.05, 0) is 25.5 Å². The highest BCUT2D eigenvalue weighted by Gasteiger charge is 2.20. The minimum atomic E-state index is -1.24. The Kier molecular flexibility index (Phi) is 4.68. The maximum absolute atomic E-state index is 11.9. The van der Waals surface area contributed by atoms with Gasteiger partial charge in [-0.25, -0.2) is 0 Å². The fourth-order valence-corrected chi connectivity index (χ4v) is 1.80. The fraction of sp³-hybridized carbons (Fsp3) is 0.417. The van der Waals surface area contributed by atoms with E-state index in [4.69, 9.17) is 10.2 Å². The van der Waals surface area contributed by atoms with Crippen molar-refractivity contribution in [3.63, 3.8) is 0 Å². The van der Waals surface area contributed by atoms with Gasteiger partial charge in [0, 0.05) is 11.4 Å². The topological polar surface area (TPSA) is 111 Å².